The van der Waals surface area contributed by atoms with Crippen molar-refractivity contribution < 1.29 is 4.42 Å². The minimum Gasteiger partial charge on any atom is -0.419 e. The SMILES string of the molecule is Cc1ccc(-c2nnc(C(C)N)o2)cn1. The average molecular weight is 204 g/mol. The molecule has 5 nitrogen and oxygen atoms in total. The summed E-state index contributed by atoms with van der Waals surface area (Å²) < 4.78 is 5.38. The van der Waals surface area contributed by atoms with E-state index in [1.807, 2.05) is 19.1 Å². The highest BCUT2D eigenvalue weighted by Gasteiger charge is 2.11. The van der Waals surface area contributed by atoms with Crippen molar-refractivity contribution in [2.45, 2.75) is 19.9 Å². The molecule has 15 heavy (non-hydrogen) atoms. The third kappa shape index (κ3) is 2.02. The third-order valence-electron chi connectivity index (χ3n) is 1.99. The predicted molar refractivity (Wildman–Crippen MR) is 54.9 cm³/mol. The van der Waals surface area contributed by atoms with Crippen LogP contribution in [0.5, 0.6) is 0 Å². The number of aromatic nitrogens is 3. The van der Waals surface area contributed by atoms with Crippen LogP contribution in [0, 0.1) is 6.92 Å². The van der Waals surface area contributed by atoms with Gasteiger partial charge >= 0.3 is 0 Å². The molecular weight excluding hydrogens is 192 g/mol. The number of hydrogen-bond acceptors (Lipinski definition) is 5. The Balaban J connectivity index is 2.33. The van der Waals surface area contributed by atoms with E-state index in [0.29, 0.717) is 11.8 Å². The Hall–Kier alpha value is -1.75. The Bertz CT molecular complexity index is 447. The molecule has 0 aliphatic carbocycles. The van der Waals surface area contributed by atoms with E-state index < -0.39 is 0 Å². The normalized spacial score (nSPS) is 12.7. The standard InChI is InChI=1S/C10H12N4O/c1-6-3-4-8(5-12-6)10-14-13-9(15-10)7(2)11/h3-5,7H,11H2,1-2H3. The van der Waals surface area contributed by atoms with Crippen molar-refractivity contribution in [3.05, 3.63) is 29.9 Å². The maximum Gasteiger partial charge on any atom is 0.249 e. The molecule has 0 radical (unpaired) electrons. The zero-order valence-corrected chi connectivity index (χ0v) is 8.64. The quantitative estimate of drug-likeness (QED) is 0.801. The number of hydrogen-bond donors (Lipinski definition) is 1. The van der Waals surface area contributed by atoms with Crippen LogP contribution in [0.2, 0.25) is 0 Å². The van der Waals surface area contributed by atoms with E-state index in [9.17, 15) is 0 Å². The molecule has 2 N–H and O–H groups in total. The molecule has 2 heterocycles. The van der Waals surface area contributed by atoms with Crippen LogP contribution in [0.3, 0.4) is 0 Å². The van der Waals surface area contributed by atoms with Crippen LogP contribution in [0.4, 0.5) is 0 Å². The van der Waals surface area contributed by atoms with E-state index in [-0.39, 0.29) is 6.04 Å². The van der Waals surface area contributed by atoms with Crippen molar-refractivity contribution in [2.24, 2.45) is 5.73 Å². The first-order valence-electron chi connectivity index (χ1n) is 4.69. The second kappa shape index (κ2) is 3.78. The van der Waals surface area contributed by atoms with Crippen molar-refractivity contribution in [3.63, 3.8) is 0 Å². The molecule has 5 heteroatoms. The second-order valence-electron chi connectivity index (χ2n) is 3.42. The van der Waals surface area contributed by atoms with Gasteiger partial charge in [-0.25, -0.2) is 0 Å². The molecule has 1 atom stereocenters. The van der Waals surface area contributed by atoms with Gasteiger partial charge in [0.2, 0.25) is 11.8 Å². The molecule has 0 spiro atoms. The van der Waals surface area contributed by atoms with Crippen molar-refractivity contribution in [3.8, 4) is 11.5 Å². The topological polar surface area (TPSA) is 77.8 Å². The first-order chi connectivity index (χ1) is 7.16. The Kier molecular flexibility index (Phi) is 2.47. The Morgan fingerprint density at radius 1 is 1.33 bits per heavy atom. The van der Waals surface area contributed by atoms with E-state index in [1.165, 1.54) is 0 Å². The molecule has 78 valence electrons. The van der Waals surface area contributed by atoms with Gasteiger partial charge in [-0.3, -0.25) is 4.98 Å². The summed E-state index contributed by atoms with van der Waals surface area (Å²) >= 11 is 0. The van der Waals surface area contributed by atoms with Gasteiger partial charge in [0.15, 0.2) is 0 Å². The van der Waals surface area contributed by atoms with E-state index in [4.69, 9.17) is 10.2 Å². The fourth-order valence-corrected chi connectivity index (χ4v) is 1.13. The molecule has 2 rings (SSSR count). The van der Waals surface area contributed by atoms with Crippen molar-refractivity contribution >= 4 is 0 Å². The number of aryl methyl sites for hydroxylation is 1. The summed E-state index contributed by atoms with van der Waals surface area (Å²) in [6, 6.07) is 3.54. The smallest absolute Gasteiger partial charge is 0.249 e. The molecule has 2 aromatic heterocycles. The molecular formula is C10H12N4O. The molecule has 0 amide bonds. The van der Waals surface area contributed by atoms with Crippen LogP contribution in [-0.4, -0.2) is 15.2 Å². The lowest BCUT2D eigenvalue weighted by Crippen LogP contribution is -2.04. The summed E-state index contributed by atoms with van der Waals surface area (Å²) in [5.74, 6) is 0.889. The summed E-state index contributed by atoms with van der Waals surface area (Å²) in [6.45, 7) is 3.72. The summed E-state index contributed by atoms with van der Waals surface area (Å²) in [5.41, 5.74) is 7.37. The highest BCUT2D eigenvalue weighted by atomic mass is 16.4. The van der Waals surface area contributed by atoms with Gasteiger partial charge in [-0.05, 0) is 26.0 Å². The maximum atomic E-state index is 5.62. The van der Waals surface area contributed by atoms with Crippen LogP contribution < -0.4 is 5.73 Å². The number of nitrogens with zero attached hydrogens (tertiary/aromatic N) is 3. The monoisotopic (exact) mass is 204 g/mol. The van der Waals surface area contributed by atoms with Gasteiger partial charge in [0.25, 0.3) is 0 Å². The van der Waals surface area contributed by atoms with Gasteiger partial charge in [-0.2, -0.15) is 0 Å². The summed E-state index contributed by atoms with van der Waals surface area (Å²) in [6.07, 6.45) is 1.70. The van der Waals surface area contributed by atoms with Gasteiger partial charge < -0.3 is 10.2 Å². The molecule has 1 unspecified atom stereocenters. The maximum absolute atomic E-state index is 5.62. The molecule has 0 saturated carbocycles. The summed E-state index contributed by atoms with van der Waals surface area (Å²) in [7, 11) is 0. The molecule has 0 fully saturated rings. The van der Waals surface area contributed by atoms with Gasteiger partial charge in [0, 0.05) is 11.9 Å². The van der Waals surface area contributed by atoms with Crippen molar-refractivity contribution in [1.82, 2.24) is 15.2 Å². The number of rotatable bonds is 2. The van der Waals surface area contributed by atoms with Gasteiger partial charge in [-0.15, -0.1) is 10.2 Å². The third-order valence-corrected chi connectivity index (χ3v) is 1.99. The minimum atomic E-state index is -0.246. The van der Waals surface area contributed by atoms with Crippen LogP contribution in [0.25, 0.3) is 11.5 Å². The molecule has 0 bridgehead atoms. The van der Waals surface area contributed by atoms with E-state index in [1.54, 1.807) is 13.1 Å². The first kappa shape index (κ1) is 9.79. The zero-order valence-electron chi connectivity index (χ0n) is 8.64. The fourth-order valence-electron chi connectivity index (χ4n) is 1.13. The van der Waals surface area contributed by atoms with Crippen molar-refractivity contribution in [2.75, 3.05) is 0 Å². The molecule has 0 saturated heterocycles. The second-order valence-corrected chi connectivity index (χ2v) is 3.42. The van der Waals surface area contributed by atoms with Crippen LogP contribution in [0.1, 0.15) is 24.6 Å². The fraction of sp³-hybridized carbons (Fsp3) is 0.300. The van der Waals surface area contributed by atoms with Gasteiger partial charge in [0.05, 0.1) is 11.6 Å². The van der Waals surface area contributed by atoms with Crippen LogP contribution >= 0.6 is 0 Å². The van der Waals surface area contributed by atoms with Crippen LogP contribution in [0.15, 0.2) is 22.7 Å². The summed E-state index contributed by atoms with van der Waals surface area (Å²) in [4.78, 5) is 4.15. The molecule has 2 aromatic rings. The van der Waals surface area contributed by atoms with E-state index >= 15 is 0 Å². The predicted octanol–water partition coefficient (Wildman–Crippen LogP) is 1.46. The Morgan fingerprint density at radius 2 is 2.13 bits per heavy atom. The lowest BCUT2D eigenvalue weighted by atomic mass is 10.2. The highest BCUT2D eigenvalue weighted by Crippen LogP contribution is 2.18. The zero-order chi connectivity index (χ0) is 10.8. The summed E-state index contributed by atoms with van der Waals surface area (Å²) in [5, 5.41) is 7.75. The lowest BCUT2D eigenvalue weighted by molar-refractivity contribution is 0.473. The number of nitrogens with two attached hydrogens (primary N) is 1. The van der Waals surface area contributed by atoms with Crippen molar-refractivity contribution in [1.29, 1.82) is 0 Å². The molecule has 0 aliphatic heterocycles. The Labute approximate surface area is 87.3 Å². The first-order valence-corrected chi connectivity index (χ1v) is 4.69. The van der Waals surface area contributed by atoms with Crippen LogP contribution in [-0.2, 0) is 0 Å². The van der Waals surface area contributed by atoms with E-state index in [2.05, 4.69) is 15.2 Å². The lowest BCUT2D eigenvalue weighted by Gasteiger charge is -1.96. The Morgan fingerprint density at radius 3 is 2.67 bits per heavy atom. The molecule has 0 aromatic carbocycles. The average Bonchev–Trinajstić information content (AvgIpc) is 2.68. The van der Waals surface area contributed by atoms with Gasteiger partial charge in [0.1, 0.15) is 0 Å². The van der Waals surface area contributed by atoms with E-state index in [0.717, 1.165) is 11.3 Å². The molecule has 0 aliphatic rings. The highest BCUT2D eigenvalue weighted by molar-refractivity contribution is 5.50. The number of pyridine rings is 1. The largest absolute Gasteiger partial charge is 0.419 e. The van der Waals surface area contributed by atoms with Gasteiger partial charge in [-0.1, -0.05) is 0 Å². The minimum absolute atomic E-state index is 0.246.